The van der Waals surface area contributed by atoms with E-state index in [9.17, 15) is 15.3 Å². The standard InChI is InChI=1S/C25H40O4/c1-22(2)15-8-10-24(4)16-7-6-14-13-29-21(28)20(14)25(16,5)19(27)12-17(24)23(15,3)11-9-18(22)26/h6,15-21,26-28H,7-13H2,1-5H3/t15-,16-,17+,18?,19+,20?,21+,23-,24-,25+/m0/s1. The molecule has 164 valence electrons. The smallest absolute Gasteiger partial charge is 0.162 e. The highest BCUT2D eigenvalue weighted by molar-refractivity contribution is 5.27. The molecule has 0 aromatic rings. The van der Waals surface area contributed by atoms with Crippen molar-refractivity contribution in [2.45, 2.75) is 91.6 Å². The highest BCUT2D eigenvalue weighted by atomic mass is 16.6. The van der Waals surface area contributed by atoms with Crippen molar-refractivity contribution in [2.75, 3.05) is 6.61 Å². The Hall–Kier alpha value is -0.420. The third-order valence-corrected chi connectivity index (χ3v) is 11.2. The van der Waals surface area contributed by atoms with E-state index in [1.165, 1.54) is 5.57 Å². The number of hydrogen-bond donors (Lipinski definition) is 3. The Morgan fingerprint density at radius 3 is 2.24 bits per heavy atom. The molecular weight excluding hydrogens is 364 g/mol. The van der Waals surface area contributed by atoms with E-state index in [4.69, 9.17) is 4.74 Å². The Bertz CT molecular complexity index is 730. The molecule has 0 amide bonds. The molecule has 10 atom stereocenters. The molecule has 1 saturated heterocycles. The van der Waals surface area contributed by atoms with E-state index in [1.54, 1.807) is 0 Å². The van der Waals surface area contributed by atoms with Crippen LogP contribution in [-0.2, 0) is 4.74 Å². The molecule has 1 aliphatic heterocycles. The largest absolute Gasteiger partial charge is 0.393 e. The quantitative estimate of drug-likeness (QED) is 0.536. The van der Waals surface area contributed by atoms with Crippen LogP contribution in [0.15, 0.2) is 11.6 Å². The predicted octanol–water partition coefficient (Wildman–Crippen LogP) is 3.89. The van der Waals surface area contributed by atoms with Crippen LogP contribution < -0.4 is 0 Å². The van der Waals surface area contributed by atoms with E-state index in [2.05, 4.69) is 40.7 Å². The van der Waals surface area contributed by atoms with Gasteiger partial charge in [-0.1, -0.05) is 40.7 Å². The van der Waals surface area contributed by atoms with E-state index in [-0.39, 0.29) is 33.7 Å². The van der Waals surface area contributed by atoms with Gasteiger partial charge in [-0.3, -0.25) is 0 Å². The SMILES string of the molecule is CC1(C)C(O)CC[C@]2(C)[C@H]3C[C@@H](O)[C@]4(C)C5C(=CC[C@H]4[C@]3(C)CC[C@@H]12)CO[C@H]5O. The van der Waals surface area contributed by atoms with E-state index in [1.807, 2.05) is 0 Å². The molecule has 4 nitrogen and oxygen atoms in total. The van der Waals surface area contributed by atoms with Gasteiger partial charge in [0, 0.05) is 11.3 Å². The van der Waals surface area contributed by atoms with Crippen molar-refractivity contribution in [3.05, 3.63) is 11.6 Å². The summed E-state index contributed by atoms with van der Waals surface area (Å²) in [5.74, 6) is 1.21. The van der Waals surface area contributed by atoms with Crippen LogP contribution in [-0.4, -0.2) is 40.4 Å². The van der Waals surface area contributed by atoms with Gasteiger partial charge in [0.25, 0.3) is 0 Å². The molecule has 0 aromatic heterocycles. The Morgan fingerprint density at radius 1 is 0.862 bits per heavy atom. The second-order valence-electron chi connectivity index (χ2n) is 12.4. The average molecular weight is 405 g/mol. The topological polar surface area (TPSA) is 69.9 Å². The number of rotatable bonds is 0. The number of hydrogen-bond acceptors (Lipinski definition) is 4. The van der Waals surface area contributed by atoms with Crippen molar-refractivity contribution in [1.82, 2.24) is 0 Å². The summed E-state index contributed by atoms with van der Waals surface area (Å²) in [6.45, 7) is 12.2. The van der Waals surface area contributed by atoms with E-state index in [0.717, 1.165) is 38.5 Å². The minimum Gasteiger partial charge on any atom is -0.393 e. The minimum atomic E-state index is -0.792. The summed E-state index contributed by atoms with van der Waals surface area (Å²) in [7, 11) is 0. The van der Waals surface area contributed by atoms with E-state index in [0.29, 0.717) is 24.4 Å². The highest BCUT2D eigenvalue weighted by Crippen LogP contribution is 2.73. The van der Waals surface area contributed by atoms with Gasteiger partial charge in [-0.05, 0) is 78.1 Å². The summed E-state index contributed by atoms with van der Waals surface area (Å²) in [6, 6.07) is 0. The normalized spacial score (nSPS) is 58.5. The second kappa shape index (κ2) is 6.09. The fraction of sp³-hybridized carbons (Fsp3) is 0.920. The molecule has 4 heteroatoms. The number of aliphatic hydroxyl groups is 3. The molecule has 3 N–H and O–H groups in total. The molecule has 4 aliphatic carbocycles. The molecule has 3 saturated carbocycles. The van der Waals surface area contributed by atoms with Crippen molar-refractivity contribution >= 4 is 0 Å². The van der Waals surface area contributed by atoms with Crippen LogP contribution in [0.1, 0.15) is 73.1 Å². The van der Waals surface area contributed by atoms with Crippen molar-refractivity contribution in [1.29, 1.82) is 0 Å². The third-order valence-electron chi connectivity index (χ3n) is 11.2. The number of allylic oxidation sites excluding steroid dienone is 1. The Kier molecular flexibility index (Phi) is 4.30. The summed E-state index contributed by atoms with van der Waals surface area (Å²) in [5, 5.41) is 33.0. The first-order chi connectivity index (χ1) is 13.5. The zero-order valence-corrected chi connectivity index (χ0v) is 18.8. The fourth-order valence-electron chi connectivity index (χ4n) is 9.61. The number of ether oxygens (including phenoxy) is 1. The Labute approximate surface area is 175 Å². The molecular formula is C25H40O4. The number of aliphatic hydroxyl groups excluding tert-OH is 3. The molecule has 29 heavy (non-hydrogen) atoms. The van der Waals surface area contributed by atoms with Crippen molar-refractivity contribution in [2.24, 2.45) is 45.3 Å². The average Bonchev–Trinajstić information content (AvgIpc) is 3.03. The Morgan fingerprint density at radius 2 is 1.52 bits per heavy atom. The number of fused-ring (bicyclic) bond motifs is 7. The third kappa shape index (κ3) is 2.35. The lowest BCUT2D eigenvalue weighted by Gasteiger charge is -2.71. The lowest BCUT2D eigenvalue weighted by Crippen LogP contribution is -2.67. The van der Waals surface area contributed by atoms with Gasteiger partial charge in [0.2, 0.25) is 0 Å². The first-order valence-corrected chi connectivity index (χ1v) is 11.8. The van der Waals surface area contributed by atoms with Gasteiger partial charge in [-0.2, -0.15) is 0 Å². The first kappa shape index (κ1) is 20.5. The zero-order valence-electron chi connectivity index (χ0n) is 18.8. The highest BCUT2D eigenvalue weighted by Gasteiger charge is 2.69. The van der Waals surface area contributed by atoms with Crippen molar-refractivity contribution in [3.8, 4) is 0 Å². The lowest BCUT2D eigenvalue weighted by molar-refractivity contribution is -0.255. The summed E-state index contributed by atoms with van der Waals surface area (Å²) in [4.78, 5) is 0. The second-order valence-corrected chi connectivity index (χ2v) is 12.4. The van der Waals surface area contributed by atoms with Gasteiger partial charge in [0.05, 0.1) is 18.8 Å². The molecule has 1 heterocycles. The van der Waals surface area contributed by atoms with Gasteiger partial charge in [0.1, 0.15) is 0 Å². The maximum Gasteiger partial charge on any atom is 0.162 e. The summed E-state index contributed by atoms with van der Waals surface area (Å²) in [6.07, 6.45) is 6.86. The van der Waals surface area contributed by atoms with Crippen LogP contribution in [0.25, 0.3) is 0 Å². The maximum absolute atomic E-state index is 11.6. The van der Waals surface area contributed by atoms with Gasteiger partial charge in [-0.25, -0.2) is 0 Å². The molecule has 0 radical (unpaired) electrons. The zero-order chi connectivity index (χ0) is 21.0. The molecule has 0 spiro atoms. The summed E-state index contributed by atoms with van der Waals surface area (Å²) >= 11 is 0. The predicted molar refractivity (Wildman–Crippen MR) is 112 cm³/mol. The van der Waals surface area contributed by atoms with Crippen molar-refractivity contribution < 1.29 is 20.1 Å². The Balaban J connectivity index is 1.58. The van der Waals surface area contributed by atoms with Gasteiger partial charge in [0.15, 0.2) is 6.29 Å². The molecule has 5 aliphatic rings. The van der Waals surface area contributed by atoms with Crippen LogP contribution in [0, 0.1) is 45.3 Å². The van der Waals surface area contributed by atoms with Gasteiger partial charge in [-0.15, -0.1) is 0 Å². The molecule has 0 aromatic carbocycles. The van der Waals surface area contributed by atoms with E-state index >= 15 is 0 Å². The first-order valence-electron chi connectivity index (χ1n) is 11.8. The van der Waals surface area contributed by atoms with Crippen molar-refractivity contribution in [3.63, 3.8) is 0 Å². The maximum atomic E-state index is 11.6. The van der Waals surface area contributed by atoms with Crippen LogP contribution in [0.2, 0.25) is 0 Å². The van der Waals surface area contributed by atoms with Gasteiger partial charge >= 0.3 is 0 Å². The molecule has 5 rings (SSSR count). The lowest BCUT2D eigenvalue weighted by atomic mass is 9.34. The van der Waals surface area contributed by atoms with Crippen LogP contribution in [0.4, 0.5) is 0 Å². The summed E-state index contributed by atoms with van der Waals surface area (Å²) < 4.78 is 5.62. The van der Waals surface area contributed by atoms with E-state index < -0.39 is 12.4 Å². The minimum absolute atomic E-state index is 0.0742. The van der Waals surface area contributed by atoms with Crippen LogP contribution in [0.3, 0.4) is 0 Å². The summed E-state index contributed by atoms with van der Waals surface area (Å²) in [5.41, 5.74) is 1.07. The monoisotopic (exact) mass is 404 g/mol. The molecule has 0 bridgehead atoms. The van der Waals surface area contributed by atoms with Crippen LogP contribution >= 0.6 is 0 Å². The molecule has 2 unspecified atom stereocenters. The fourth-order valence-corrected chi connectivity index (χ4v) is 9.61. The van der Waals surface area contributed by atoms with Crippen LogP contribution in [0.5, 0.6) is 0 Å². The van der Waals surface area contributed by atoms with Gasteiger partial charge < -0.3 is 20.1 Å². The molecule has 4 fully saturated rings.